The van der Waals surface area contributed by atoms with Crippen molar-refractivity contribution in [2.45, 2.75) is 0 Å². The second kappa shape index (κ2) is 13.3. The number of fused-ring (bicyclic) bond motifs is 7. The summed E-state index contributed by atoms with van der Waals surface area (Å²) in [6, 6.07) is 73.5. The SMILES string of the molecule is c1ccc(-c2nc(-c3cccc4ccccc34)nc(-c3c(-c4ccccc4)cc(-n4c5cc6ccccc6cc5c5cc6ccccc6cc54)c4ccccc34)n2)cc1. The van der Waals surface area contributed by atoms with Gasteiger partial charge in [0.25, 0.3) is 0 Å². The Morgan fingerprint density at radius 1 is 0.288 bits per heavy atom. The molecule has 0 bridgehead atoms. The second-order valence-electron chi connectivity index (χ2n) is 15.2. The summed E-state index contributed by atoms with van der Waals surface area (Å²) in [6.07, 6.45) is 0. The van der Waals surface area contributed by atoms with Crippen LogP contribution in [0.25, 0.3) is 116 Å². The summed E-state index contributed by atoms with van der Waals surface area (Å²) in [4.78, 5) is 15.9. The van der Waals surface area contributed by atoms with Gasteiger partial charge in [-0.05, 0) is 79.2 Å². The first-order chi connectivity index (χ1) is 29.2. The van der Waals surface area contributed by atoms with E-state index in [0.29, 0.717) is 17.5 Å². The Morgan fingerprint density at radius 3 is 1.41 bits per heavy atom. The zero-order valence-corrected chi connectivity index (χ0v) is 31.9. The molecule has 10 aromatic carbocycles. The average molecular weight is 751 g/mol. The fourth-order valence-electron chi connectivity index (χ4n) is 9.02. The lowest BCUT2D eigenvalue weighted by Crippen LogP contribution is -2.04. The highest BCUT2D eigenvalue weighted by atomic mass is 15.0. The summed E-state index contributed by atoms with van der Waals surface area (Å²) in [5, 5.41) is 11.7. The van der Waals surface area contributed by atoms with Crippen molar-refractivity contribution in [1.82, 2.24) is 19.5 Å². The molecule has 2 aromatic heterocycles. The summed E-state index contributed by atoms with van der Waals surface area (Å²) >= 11 is 0. The molecular formula is C55H34N4. The van der Waals surface area contributed by atoms with Gasteiger partial charge in [-0.2, -0.15) is 0 Å². The Morgan fingerprint density at radius 2 is 0.763 bits per heavy atom. The Labute approximate surface area is 340 Å². The van der Waals surface area contributed by atoms with E-state index in [4.69, 9.17) is 15.0 Å². The lowest BCUT2D eigenvalue weighted by molar-refractivity contribution is 1.08. The molecule has 12 aromatic rings. The summed E-state index contributed by atoms with van der Waals surface area (Å²) in [5.41, 5.74) is 8.42. The van der Waals surface area contributed by atoms with Crippen LogP contribution in [-0.4, -0.2) is 19.5 Å². The fraction of sp³-hybridized carbons (Fsp3) is 0. The van der Waals surface area contributed by atoms with Crippen molar-refractivity contribution in [3.05, 3.63) is 206 Å². The maximum absolute atomic E-state index is 5.42. The highest BCUT2D eigenvalue weighted by Gasteiger charge is 2.24. The monoisotopic (exact) mass is 750 g/mol. The van der Waals surface area contributed by atoms with Gasteiger partial charge in [0.2, 0.25) is 0 Å². The third kappa shape index (κ3) is 5.42. The van der Waals surface area contributed by atoms with Crippen LogP contribution in [0.5, 0.6) is 0 Å². The van der Waals surface area contributed by atoms with Crippen LogP contribution in [0.4, 0.5) is 0 Å². The number of rotatable bonds is 5. The van der Waals surface area contributed by atoms with E-state index in [9.17, 15) is 0 Å². The van der Waals surface area contributed by atoms with Crippen molar-refractivity contribution in [3.8, 4) is 51.0 Å². The van der Waals surface area contributed by atoms with Gasteiger partial charge in [-0.25, -0.2) is 15.0 Å². The predicted octanol–water partition coefficient (Wildman–Crippen LogP) is 14.2. The van der Waals surface area contributed by atoms with Crippen LogP contribution in [0.3, 0.4) is 0 Å². The van der Waals surface area contributed by atoms with Crippen LogP contribution in [0.1, 0.15) is 0 Å². The van der Waals surface area contributed by atoms with Gasteiger partial charge >= 0.3 is 0 Å². The quantitative estimate of drug-likeness (QED) is 0.176. The molecule has 0 unspecified atom stereocenters. The molecule has 0 aliphatic rings. The molecular weight excluding hydrogens is 717 g/mol. The number of nitrogens with zero attached hydrogens (tertiary/aromatic N) is 4. The molecule has 0 aliphatic heterocycles. The van der Waals surface area contributed by atoms with E-state index < -0.39 is 0 Å². The van der Waals surface area contributed by atoms with Gasteiger partial charge in [-0.1, -0.05) is 176 Å². The Bertz CT molecular complexity index is 3510. The van der Waals surface area contributed by atoms with E-state index in [1.165, 1.54) is 32.3 Å². The molecule has 0 radical (unpaired) electrons. The molecule has 0 N–H and O–H groups in total. The van der Waals surface area contributed by atoms with Crippen LogP contribution in [-0.2, 0) is 0 Å². The van der Waals surface area contributed by atoms with Crippen LogP contribution < -0.4 is 0 Å². The molecule has 0 saturated heterocycles. The van der Waals surface area contributed by atoms with Crippen molar-refractivity contribution in [2.24, 2.45) is 0 Å². The Kier molecular flexibility index (Phi) is 7.50. The summed E-state index contributed by atoms with van der Waals surface area (Å²) in [7, 11) is 0. The van der Waals surface area contributed by atoms with Crippen molar-refractivity contribution >= 4 is 64.9 Å². The van der Waals surface area contributed by atoms with E-state index in [1.807, 2.05) is 18.2 Å². The van der Waals surface area contributed by atoms with Gasteiger partial charge in [0, 0.05) is 32.8 Å². The van der Waals surface area contributed by atoms with Crippen molar-refractivity contribution in [1.29, 1.82) is 0 Å². The van der Waals surface area contributed by atoms with Crippen LogP contribution in [0.2, 0.25) is 0 Å². The minimum atomic E-state index is 0.627. The first-order valence-electron chi connectivity index (χ1n) is 20.0. The standard InChI is InChI=1S/C55H34N4/c1-3-16-36(17-4-1)46-34-51(59-49-32-40-23-9-7-21-38(40)30-47(49)48-31-39-22-8-10-24-41(39)33-50(48)59)43-27-13-14-28-44(43)52(46)55-57-53(37-19-5-2-6-20-37)56-54(58-55)45-29-15-25-35-18-11-12-26-42(35)45/h1-34H. The van der Waals surface area contributed by atoms with Gasteiger partial charge in [0.05, 0.1) is 16.7 Å². The third-order valence-corrected chi connectivity index (χ3v) is 11.8. The topological polar surface area (TPSA) is 43.6 Å². The molecule has 2 heterocycles. The molecule has 4 nitrogen and oxygen atoms in total. The second-order valence-corrected chi connectivity index (χ2v) is 15.2. The molecule has 0 amide bonds. The van der Waals surface area contributed by atoms with E-state index in [1.54, 1.807) is 0 Å². The average Bonchev–Trinajstić information content (AvgIpc) is 3.61. The number of aromatic nitrogens is 4. The van der Waals surface area contributed by atoms with Gasteiger partial charge in [0.15, 0.2) is 17.5 Å². The molecule has 59 heavy (non-hydrogen) atoms. The highest BCUT2D eigenvalue weighted by molar-refractivity contribution is 6.18. The molecule has 0 saturated carbocycles. The maximum atomic E-state index is 5.42. The van der Waals surface area contributed by atoms with E-state index >= 15 is 0 Å². The molecule has 0 atom stereocenters. The fourth-order valence-corrected chi connectivity index (χ4v) is 9.02. The smallest absolute Gasteiger partial charge is 0.165 e. The summed E-state index contributed by atoms with van der Waals surface area (Å²) in [5.74, 6) is 1.90. The van der Waals surface area contributed by atoms with Gasteiger partial charge in [-0.3, -0.25) is 0 Å². The van der Waals surface area contributed by atoms with Crippen LogP contribution in [0, 0.1) is 0 Å². The first-order valence-corrected chi connectivity index (χ1v) is 20.0. The van der Waals surface area contributed by atoms with Crippen molar-refractivity contribution in [3.63, 3.8) is 0 Å². The van der Waals surface area contributed by atoms with E-state index in [2.05, 4.69) is 193 Å². The van der Waals surface area contributed by atoms with Gasteiger partial charge in [0.1, 0.15) is 0 Å². The van der Waals surface area contributed by atoms with E-state index in [0.717, 1.165) is 66.1 Å². The summed E-state index contributed by atoms with van der Waals surface area (Å²) < 4.78 is 2.48. The van der Waals surface area contributed by atoms with Crippen molar-refractivity contribution < 1.29 is 0 Å². The lowest BCUT2D eigenvalue weighted by atomic mass is 9.92. The first kappa shape index (κ1) is 33.2. The van der Waals surface area contributed by atoms with Gasteiger partial charge in [-0.15, -0.1) is 0 Å². The largest absolute Gasteiger partial charge is 0.309 e. The Balaban J connectivity index is 1.22. The van der Waals surface area contributed by atoms with Crippen LogP contribution in [0.15, 0.2) is 206 Å². The molecule has 274 valence electrons. The highest BCUT2D eigenvalue weighted by Crippen LogP contribution is 2.44. The minimum Gasteiger partial charge on any atom is -0.309 e. The zero-order valence-electron chi connectivity index (χ0n) is 31.9. The third-order valence-electron chi connectivity index (χ3n) is 11.8. The molecule has 12 rings (SSSR count). The molecule has 0 fully saturated rings. The number of hydrogen-bond acceptors (Lipinski definition) is 3. The van der Waals surface area contributed by atoms with Crippen LogP contribution >= 0.6 is 0 Å². The predicted molar refractivity (Wildman–Crippen MR) is 246 cm³/mol. The Hall–Kier alpha value is -7.95. The normalized spacial score (nSPS) is 11.7. The van der Waals surface area contributed by atoms with E-state index in [-0.39, 0.29) is 0 Å². The number of hydrogen-bond donors (Lipinski definition) is 0. The molecule has 4 heteroatoms. The number of benzene rings is 10. The zero-order chi connectivity index (χ0) is 38.9. The summed E-state index contributed by atoms with van der Waals surface area (Å²) in [6.45, 7) is 0. The lowest BCUT2D eigenvalue weighted by Gasteiger charge is -2.19. The van der Waals surface area contributed by atoms with Gasteiger partial charge < -0.3 is 4.57 Å². The molecule has 0 spiro atoms. The van der Waals surface area contributed by atoms with Crippen molar-refractivity contribution in [2.75, 3.05) is 0 Å². The maximum Gasteiger partial charge on any atom is 0.165 e. The molecule has 0 aliphatic carbocycles. The minimum absolute atomic E-state index is 0.627.